The van der Waals surface area contributed by atoms with E-state index in [-0.39, 0.29) is 11.1 Å². The molecule has 0 radical (unpaired) electrons. The summed E-state index contributed by atoms with van der Waals surface area (Å²) in [5, 5.41) is 18.2. The summed E-state index contributed by atoms with van der Waals surface area (Å²) in [6.07, 6.45) is 2.98. The fourth-order valence-electron chi connectivity index (χ4n) is 2.42. The van der Waals surface area contributed by atoms with Gasteiger partial charge in [0.25, 0.3) is 5.22 Å². The molecule has 1 N–H and O–H groups in total. The first-order valence-electron chi connectivity index (χ1n) is 8.28. The van der Waals surface area contributed by atoms with Crippen molar-refractivity contribution in [2.24, 2.45) is 0 Å². The number of carbonyl (C=O) groups excluding carboxylic acids is 1. The molecule has 0 spiro atoms. The van der Waals surface area contributed by atoms with E-state index in [1.165, 1.54) is 6.33 Å². The lowest BCUT2D eigenvalue weighted by molar-refractivity contribution is -0.115. The Bertz CT molecular complexity index is 1050. The number of rotatable bonds is 7. The normalized spacial score (nSPS) is 12.0. The molecule has 0 bridgehead atoms. The van der Waals surface area contributed by atoms with Crippen molar-refractivity contribution in [1.29, 1.82) is 0 Å². The highest BCUT2D eigenvalue weighted by Crippen LogP contribution is 2.35. The first kappa shape index (κ1) is 17.9. The van der Waals surface area contributed by atoms with Crippen molar-refractivity contribution in [3.63, 3.8) is 0 Å². The van der Waals surface area contributed by atoms with Gasteiger partial charge in [-0.05, 0) is 24.2 Å². The highest BCUT2D eigenvalue weighted by molar-refractivity contribution is 8.00. The van der Waals surface area contributed by atoms with Crippen LogP contribution in [-0.2, 0) is 11.3 Å². The number of thioether (sulfide) groups is 1. The molecule has 1 atom stereocenters. The van der Waals surface area contributed by atoms with Crippen LogP contribution in [0.2, 0.25) is 0 Å². The molecule has 11 heteroatoms. The quantitative estimate of drug-likeness (QED) is 0.468. The van der Waals surface area contributed by atoms with Gasteiger partial charge in [0.2, 0.25) is 11.8 Å². The van der Waals surface area contributed by atoms with Gasteiger partial charge in [-0.1, -0.05) is 35.5 Å². The molecule has 1 amide bonds. The van der Waals surface area contributed by atoms with Gasteiger partial charge in [-0.15, -0.1) is 10.2 Å². The van der Waals surface area contributed by atoms with Gasteiger partial charge in [-0.3, -0.25) is 4.79 Å². The average Bonchev–Trinajstić information content (AvgIpc) is 3.44. The van der Waals surface area contributed by atoms with E-state index < -0.39 is 5.25 Å². The molecule has 0 fully saturated rings. The summed E-state index contributed by atoms with van der Waals surface area (Å²) in [6.45, 7) is 2.05. The number of amides is 1. The van der Waals surface area contributed by atoms with Crippen LogP contribution in [0.5, 0.6) is 0 Å². The first-order chi connectivity index (χ1) is 13.7. The summed E-state index contributed by atoms with van der Waals surface area (Å²) < 4.78 is 12.2. The molecule has 1 aromatic carbocycles. The zero-order chi connectivity index (χ0) is 19.3. The molecule has 4 rings (SSSR count). The lowest BCUT2D eigenvalue weighted by Gasteiger charge is -2.13. The van der Waals surface area contributed by atoms with Crippen LogP contribution in [0.1, 0.15) is 22.5 Å². The van der Waals surface area contributed by atoms with Crippen molar-refractivity contribution in [1.82, 2.24) is 30.1 Å². The molecule has 0 aliphatic rings. The van der Waals surface area contributed by atoms with Gasteiger partial charge >= 0.3 is 0 Å². The number of hydrogen-bond acceptors (Lipinski definition) is 9. The van der Waals surface area contributed by atoms with Crippen LogP contribution in [0.3, 0.4) is 0 Å². The van der Waals surface area contributed by atoms with E-state index in [0.717, 1.165) is 17.3 Å². The number of carbonyl (C=O) groups is 1. The second kappa shape index (κ2) is 8.05. The monoisotopic (exact) mass is 397 g/mol. The standard InChI is InChI=1S/C17H15N7O3S/c1-11-7-13(23-27-11)20-16(25)15(12-5-3-2-4-6-12)28-17-22-21-14(26-17)8-24-10-18-9-19-24/h2-7,9-10,15H,8H2,1H3,(H,20,23,25). The molecule has 0 saturated heterocycles. The van der Waals surface area contributed by atoms with Gasteiger partial charge in [-0.25, -0.2) is 9.67 Å². The predicted molar refractivity (Wildman–Crippen MR) is 98.3 cm³/mol. The van der Waals surface area contributed by atoms with Gasteiger partial charge in [0.15, 0.2) is 5.82 Å². The van der Waals surface area contributed by atoms with E-state index in [2.05, 4.69) is 30.8 Å². The molecule has 1 unspecified atom stereocenters. The summed E-state index contributed by atoms with van der Waals surface area (Å²) in [5.41, 5.74) is 0.793. The van der Waals surface area contributed by atoms with Crippen molar-refractivity contribution in [2.75, 3.05) is 5.32 Å². The van der Waals surface area contributed by atoms with Crippen LogP contribution in [0.15, 0.2) is 63.2 Å². The van der Waals surface area contributed by atoms with Crippen LogP contribution in [0.25, 0.3) is 0 Å². The maximum Gasteiger partial charge on any atom is 0.277 e. The average molecular weight is 397 g/mol. The van der Waals surface area contributed by atoms with Crippen molar-refractivity contribution >= 4 is 23.5 Å². The Hall–Kier alpha value is -3.47. The lowest BCUT2D eigenvalue weighted by atomic mass is 10.1. The molecular formula is C17H15N7O3S. The zero-order valence-electron chi connectivity index (χ0n) is 14.7. The maximum absolute atomic E-state index is 12.9. The minimum Gasteiger partial charge on any atom is -0.414 e. The Labute approximate surface area is 163 Å². The molecular weight excluding hydrogens is 382 g/mol. The lowest BCUT2D eigenvalue weighted by Crippen LogP contribution is -2.19. The summed E-state index contributed by atoms with van der Waals surface area (Å²) in [7, 11) is 0. The van der Waals surface area contributed by atoms with Crippen LogP contribution in [-0.4, -0.2) is 36.0 Å². The molecule has 0 aliphatic heterocycles. The third-order valence-corrected chi connectivity index (χ3v) is 4.74. The molecule has 28 heavy (non-hydrogen) atoms. The summed E-state index contributed by atoms with van der Waals surface area (Å²) in [5.74, 6) is 1.04. The summed E-state index contributed by atoms with van der Waals surface area (Å²) in [4.78, 5) is 16.7. The second-order valence-corrected chi connectivity index (χ2v) is 6.83. The summed E-state index contributed by atoms with van der Waals surface area (Å²) in [6, 6.07) is 11.0. The topological polar surface area (TPSA) is 125 Å². The predicted octanol–water partition coefficient (Wildman–Crippen LogP) is 2.48. The largest absolute Gasteiger partial charge is 0.414 e. The van der Waals surface area contributed by atoms with E-state index in [0.29, 0.717) is 24.0 Å². The van der Waals surface area contributed by atoms with Crippen LogP contribution < -0.4 is 5.32 Å². The van der Waals surface area contributed by atoms with Gasteiger partial charge in [-0.2, -0.15) is 5.10 Å². The number of aromatic nitrogens is 6. The molecule has 3 aromatic heterocycles. The van der Waals surface area contributed by atoms with Gasteiger partial charge < -0.3 is 14.3 Å². The number of benzene rings is 1. The Morgan fingerprint density at radius 2 is 2.14 bits per heavy atom. The smallest absolute Gasteiger partial charge is 0.277 e. The van der Waals surface area contributed by atoms with Crippen molar-refractivity contribution < 1.29 is 13.7 Å². The minimum atomic E-state index is -0.613. The van der Waals surface area contributed by atoms with Crippen molar-refractivity contribution in [3.05, 3.63) is 66.3 Å². The molecule has 142 valence electrons. The first-order valence-corrected chi connectivity index (χ1v) is 9.16. The van der Waals surface area contributed by atoms with Crippen molar-refractivity contribution in [3.8, 4) is 0 Å². The molecule has 0 saturated carbocycles. The molecule has 10 nitrogen and oxygen atoms in total. The van der Waals surface area contributed by atoms with E-state index in [9.17, 15) is 4.79 Å². The second-order valence-electron chi connectivity index (χ2n) is 5.78. The third kappa shape index (κ3) is 4.26. The Kier molecular flexibility index (Phi) is 5.15. The van der Waals surface area contributed by atoms with E-state index in [1.807, 2.05) is 30.3 Å². The summed E-state index contributed by atoms with van der Waals surface area (Å²) >= 11 is 1.15. The van der Waals surface area contributed by atoms with Gasteiger partial charge in [0.05, 0.1) is 0 Å². The Balaban J connectivity index is 1.52. The van der Waals surface area contributed by atoms with E-state index >= 15 is 0 Å². The third-order valence-electron chi connectivity index (χ3n) is 3.65. The van der Waals surface area contributed by atoms with Crippen LogP contribution in [0.4, 0.5) is 5.82 Å². The van der Waals surface area contributed by atoms with Gasteiger partial charge in [0.1, 0.15) is 30.2 Å². The van der Waals surface area contributed by atoms with E-state index in [1.54, 1.807) is 24.0 Å². The molecule has 4 aromatic rings. The number of aryl methyl sites for hydroxylation is 1. The Morgan fingerprint density at radius 1 is 1.29 bits per heavy atom. The Morgan fingerprint density at radius 3 is 2.86 bits per heavy atom. The highest BCUT2D eigenvalue weighted by atomic mass is 32.2. The SMILES string of the molecule is Cc1cc(NC(=O)C(Sc2nnc(Cn3cncn3)o2)c2ccccc2)no1. The van der Waals surface area contributed by atoms with Gasteiger partial charge in [0, 0.05) is 6.07 Å². The number of hydrogen-bond donors (Lipinski definition) is 1. The molecule has 3 heterocycles. The number of nitrogens with one attached hydrogen (secondary N) is 1. The minimum absolute atomic E-state index is 0.274. The maximum atomic E-state index is 12.9. The van der Waals surface area contributed by atoms with E-state index in [4.69, 9.17) is 8.94 Å². The fraction of sp³-hybridized carbons (Fsp3) is 0.176. The van der Waals surface area contributed by atoms with Crippen molar-refractivity contribution in [2.45, 2.75) is 23.9 Å². The molecule has 0 aliphatic carbocycles. The highest BCUT2D eigenvalue weighted by Gasteiger charge is 2.25. The number of nitrogens with zero attached hydrogens (tertiary/aromatic N) is 6. The fourth-order valence-corrected chi connectivity index (χ4v) is 3.31. The zero-order valence-corrected chi connectivity index (χ0v) is 15.5. The van der Waals surface area contributed by atoms with Crippen LogP contribution >= 0.6 is 11.8 Å². The number of anilines is 1. The van der Waals surface area contributed by atoms with Crippen LogP contribution in [0, 0.1) is 6.92 Å².